The Morgan fingerprint density at radius 2 is 1.81 bits per heavy atom. The number of rotatable bonds is 4. The van der Waals surface area contributed by atoms with Crippen LogP contribution >= 0.6 is 0 Å². The summed E-state index contributed by atoms with van der Waals surface area (Å²) in [6.45, 7) is 5.59. The molecule has 3 nitrogen and oxygen atoms in total. The van der Waals surface area contributed by atoms with Gasteiger partial charge in [0.25, 0.3) is 0 Å². The first kappa shape index (κ1) is 15.0. The first-order valence-electron chi connectivity index (χ1n) is 6.70. The average molecular weight is 287 g/mol. The highest BCUT2D eigenvalue weighted by Crippen LogP contribution is 2.25. The SMILES string of the molecule is Cc1cc(F)cc(NC(C(=O)O)c2ccc(C)cc2C)c1. The third kappa shape index (κ3) is 3.60. The number of hydrogen-bond acceptors (Lipinski definition) is 2. The van der Waals surface area contributed by atoms with Gasteiger partial charge in [0.1, 0.15) is 5.82 Å². The number of carbonyl (C=O) groups is 1. The Hall–Kier alpha value is -2.36. The van der Waals surface area contributed by atoms with Crippen molar-refractivity contribution >= 4 is 11.7 Å². The third-order valence-electron chi connectivity index (χ3n) is 3.34. The largest absolute Gasteiger partial charge is 0.479 e. The minimum Gasteiger partial charge on any atom is -0.479 e. The third-order valence-corrected chi connectivity index (χ3v) is 3.34. The molecule has 0 aromatic heterocycles. The molecule has 2 aromatic carbocycles. The van der Waals surface area contributed by atoms with Crippen molar-refractivity contribution in [1.82, 2.24) is 0 Å². The quantitative estimate of drug-likeness (QED) is 0.894. The van der Waals surface area contributed by atoms with E-state index in [9.17, 15) is 14.3 Å². The molecule has 2 rings (SSSR count). The van der Waals surface area contributed by atoms with Gasteiger partial charge in [-0.05, 0) is 55.7 Å². The Kier molecular flexibility index (Phi) is 4.26. The maximum atomic E-state index is 13.4. The summed E-state index contributed by atoms with van der Waals surface area (Å²) in [7, 11) is 0. The maximum absolute atomic E-state index is 13.4. The van der Waals surface area contributed by atoms with Crippen molar-refractivity contribution < 1.29 is 14.3 Å². The molecule has 1 atom stereocenters. The highest BCUT2D eigenvalue weighted by Gasteiger charge is 2.21. The summed E-state index contributed by atoms with van der Waals surface area (Å²) < 4.78 is 13.4. The zero-order valence-electron chi connectivity index (χ0n) is 12.3. The van der Waals surface area contributed by atoms with Crippen LogP contribution in [-0.4, -0.2) is 11.1 Å². The van der Waals surface area contributed by atoms with Crippen LogP contribution in [0, 0.1) is 26.6 Å². The molecule has 4 heteroatoms. The number of carboxylic acid groups (broad SMARTS) is 1. The van der Waals surface area contributed by atoms with Gasteiger partial charge in [0.2, 0.25) is 0 Å². The fourth-order valence-corrected chi connectivity index (χ4v) is 2.41. The lowest BCUT2D eigenvalue weighted by atomic mass is 9.99. The van der Waals surface area contributed by atoms with E-state index in [1.807, 2.05) is 26.0 Å². The minimum atomic E-state index is -0.996. The van der Waals surface area contributed by atoms with Crippen molar-refractivity contribution in [2.75, 3.05) is 5.32 Å². The van der Waals surface area contributed by atoms with Gasteiger partial charge in [-0.1, -0.05) is 23.8 Å². The summed E-state index contributed by atoms with van der Waals surface area (Å²) >= 11 is 0. The minimum absolute atomic E-state index is 0.387. The highest BCUT2D eigenvalue weighted by atomic mass is 19.1. The van der Waals surface area contributed by atoms with Crippen LogP contribution in [0.4, 0.5) is 10.1 Å². The molecule has 0 aliphatic carbocycles. The van der Waals surface area contributed by atoms with Gasteiger partial charge in [-0.3, -0.25) is 0 Å². The number of anilines is 1. The summed E-state index contributed by atoms with van der Waals surface area (Å²) in [5.74, 6) is -1.38. The van der Waals surface area contributed by atoms with E-state index in [2.05, 4.69) is 5.32 Å². The van der Waals surface area contributed by atoms with Crippen LogP contribution < -0.4 is 5.32 Å². The lowest BCUT2D eigenvalue weighted by Crippen LogP contribution is -2.21. The summed E-state index contributed by atoms with van der Waals surface area (Å²) in [6, 6.07) is 9.11. The van der Waals surface area contributed by atoms with Crippen molar-refractivity contribution in [3.8, 4) is 0 Å². The Bertz CT molecular complexity index is 662. The van der Waals surface area contributed by atoms with Crippen molar-refractivity contribution in [1.29, 1.82) is 0 Å². The number of carboxylic acids is 1. The number of aryl methyl sites for hydroxylation is 3. The Balaban J connectivity index is 2.37. The van der Waals surface area contributed by atoms with Crippen molar-refractivity contribution in [2.45, 2.75) is 26.8 Å². The topological polar surface area (TPSA) is 49.3 Å². The van der Waals surface area contributed by atoms with E-state index in [0.717, 1.165) is 16.7 Å². The second-order valence-electron chi connectivity index (χ2n) is 5.29. The van der Waals surface area contributed by atoms with Gasteiger partial charge in [-0.15, -0.1) is 0 Å². The maximum Gasteiger partial charge on any atom is 0.330 e. The molecule has 0 aliphatic heterocycles. The summed E-state index contributed by atoms with van der Waals surface area (Å²) in [4.78, 5) is 11.6. The molecule has 0 bridgehead atoms. The molecule has 0 saturated heterocycles. The molecule has 0 spiro atoms. The van der Waals surface area contributed by atoms with Crippen LogP contribution in [0.2, 0.25) is 0 Å². The van der Waals surface area contributed by atoms with E-state index < -0.39 is 12.0 Å². The molecule has 0 saturated carbocycles. The van der Waals surface area contributed by atoms with Gasteiger partial charge >= 0.3 is 5.97 Å². The number of nitrogens with one attached hydrogen (secondary N) is 1. The normalized spacial score (nSPS) is 12.0. The fraction of sp³-hybridized carbons (Fsp3) is 0.235. The van der Waals surface area contributed by atoms with Gasteiger partial charge in [0.05, 0.1) is 0 Å². The lowest BCUT2D eigenvalue weighted by molar-refractivity contribution is -0.138. The molecule has 0 radical (unpaired) electrons. The molecule has 1 unspecified atom stereocenters. The summed E-state index contributed by atoms with van der Waals surface area (Å²) in [5.41, 5.74) is 3.84. The first-order valence-corrected chi connectivity index (χ1v) is 6.70. The van der Waals surface area contributed by atoms with E-state index >= 15 is 0 Å². The van der Waals surface area contributed by atoms with Gasteiger partial charge in [0, 0.05) is 5.69 Å². The van der Waals surface area contributed by atoms with Gasteiger partial charge < -0.3 is 10.4 Å². The van der Waals surface area contributed by atoms with Gasteiger partial charge in [0.15, 0.2) is 6.04 Å². The molecule has 2 N–H and O–H groups in total. The molecule has 0 heterocycles. The van der Waals surface area contributed by atoms with Crippen LogP contribution in [0.5, 0.6) is 0 Å². The van der Waals surface area contributed by atoms with E-state index in [1.54, 1.807) is 19.1 Å². The van der Waals surface area contributed by atoms with Crippen LogP contribution in [0.15, 0.2) is 36.4 Å². The zero-order valence-corrected chi connectivity index (χ0v) is 12.3. The monoisotopic (exact) mass is 287 g/mol. The average Bonchev–Trinajstić information content (AvgIpc) is 2.35. The van der Waals surface area contributed by atoms with Crippen molar-refractivity contribution in [2.24, 2.45) is 0 Å². The van der Waals surface area contributed by atoms with Crippen LogP contribution in [0.3, 0.4) is 0 Å². The van der Waals surface area contributed by atoms with Gasteiger partial charge in [-0.25, -0.2) is 9.18 Å². The molecule has 2 aromatic rings. The predicted molar refractivity (Wildman–Crippen MR) is 81.1 cm³/mol. The van der Waals surface area contributed by atoms with Crippen LogP contribution in [0.1, 0.15) is 28.3 Å². The smallest absolute Gasteiger partial charge is 0.330 e. The number of aliphatic carboxylic acids is 1. The number of halogens is 1. The van der Waals surface area contributed by atoms with E-state index in [-0.39, 0.29) is 5.82 Å². The predicted octanol–water partition coefficient (Wildman–Crippen LogP) is 3.99. The first-order chi connectivity index (χ1) is 9.86. The second-order valence-corrected chi connectivity index (χ2v) is 5.29. The Labute approximate surface area is 123 Å². The van der Waals surface area contributed by atoms with Crippen molar-refractivity contribution in [3.05, 3.63) is 64.5 Å². The molecule has 21 heavy (non-hydrogen) atoms. The second kappa shape index (κ2) is 5.95. The molecular formula is C17H18FNO2. The number of benzene rings is 2. The van der Waals surface area contributed by atoms with Crippen LogP contribution in [0.25, 0.3) is 0 Å². The van der Waals surface area contributed by atoms with Crippen LogP contribution in [-0.2, 0) is 4.79 Å². The summed E-state index contributed by atoms with van der Waals surface area (Å²) in [6.07, 6.45) is 0. The van der Waals surface area contributed by atoms with E-state index in [1.165, 1.54) is 12.1 Å². The highest BCUT2D eigenvalue weighted by molar-refractivity contribution is 5.80. The Morgan fingerprint density at radius 3 is 2.38 bits per heavy atom. The molecule has 0 fully saturated rings. The molecular weight excluding hydrogens is 269 g/mol. The van der Waals surface area contributed by atoms with E-state index in [4.69, 9.17) is 0 Å². The molecule has 110 valence electrons. The number of hydrogen-bond donors (Lipinski definition) is 2. The molecule has 0 amide bonds. The van der Waals surface area contributed by atoms with E-state index in [0.29, 0.717) is 11.3 Å². The zero-order chi connectivity index (χ0) is 15.6. The fourth-order valence-electron chi connectivity index (χ4n) is 2.41. The van der Waals surface area contributed by atoms with Crippen molar-refractivity contribution in [3.63, 3.8) is 0 Å². The summed E-state index contributed by atoms with van der Waals surface area (Å²) in [5, 5.41) is 12.4. The Morgan fingerprint density at radius 1 is 1.10 bits per heavy atom. The standard InChI is InChI=1S/C17H18FNO2/c1-10-4-5-15(12(3)6-10)16(17(20)21)19-14-8-11(2)7-13(18)9-14/h4-9,16,19H,1-3H3,(H,20,21). The lowest BCUT2D eigenvalue weighted by Gasteiger charge is -2.19. The molecule has 0 aliphatic rings. The van der Waals surface area contributed by atoms with Gasteiger partial charge in [-0.2, -0.15) is 0 Å².